The number of nitrogens with zero attached hydrogens (tertiary/aromatic N) is 4. The minimum Gasteiger partial charge on any atom is -0.443 e. The van der Waals surface area contributed by atoms with Crippen LogP contribution < -0.4 is 0 Å². The summed E-state index contributed by atoms with van der Waals surface area (Å²) in [5, 5.41) is 0.711. The maximum atomic E-state index is 13.0. The van der Waals surface area contributed by atoms with Crippen molar-refractivity contribution in [2.75, 3.05) is 6.54 Å². The van der Waals surface area contributed by atoms with Crippen LogP contribution in [-0.4, -0.2) is 31.9 Å². The van der Waals surface area contributed by atoms with Crippen LogP contribution in [0.5, 0.6) is 0 Å². The number of benzene rings is 1. The van der Waals surface area contributed by atoms with Crippen molar-refractivity contribution in [3.05, 3.63) is 70.9 Å². The van der Waals surface area contributed by atoms with Crippen LogP contribution >= 0.6 is 11.6 Å². The molecule has 6 nitrogen and oxygen atoms in total. The average Bonchev–Trinajstić information content (AvgIpc) is 3.32. The van der Waals surface area contributed by atoms with Crippen molar-refractivity contribution < 1.29 is 9.21 Å². The van der Waals surface area contributed by atoms with Gasteiger partial charge in [0, 0.05) is 37.4 Å². The van der Waals surface area contributed by atoms with Gasteiger partial charge in [0.25, 0.3) is 5.91 Å². The number of likely N-dealkylation sites (tertiary alicyclic amines) is 1. The molecule has 0 unspecified atom stereocenters. The van der Waals surface area contributed by atoms with Crippen molar-refractivity contribution in [3.8, 4) is 0 Å². The van der Waals surface area contributed by atoms with Crippen LogP contribution in [0.3, 0.4) is 0 Å². The molecule has 27 heavy (non-hydrogen) atoms. The molecule has 0 aliphatic carbocycles. The summed E-state index contributed by atoms with van der Waals surface area (Å²) in [4.78, 5) is 23.5. The van der Waals surface area contributed by atoms with Crippen LogP contribution in [0.25, 0.3) is 0 Å². The minimum atomic E-state index is -0.151. The Morgan fingerprint density at radius 2 is 2.07 bits per heavy atom. The van der Waals surface area contributed by atoms with E-state index in [9.17, 15) is 4.79 Å². The fourth-order valence-corrected chi connectivity index (χ4v) is 3.62. The van der Waals surface area contributed by atoms with Gasteiger partial charge in [-0.25, -0.2) is 9.97 Å². The fourth-order valence-electron chi connectivity index (χ4n) is 3.49. The molecular weight excluding hydrogens is 364 g/mol. The number of oxazole rings is 1. The molecule has 3 aromatic rings. The monoisotopic (exact) mass is 384 g/mol. The van der Waals surface area contributed by atoms with Crippen LogP contribution in [0.1, 0.15) is 53.1 Å². The fraction of sp³-hybridized carbons (Fsp3) is 0.350. The maximum absolute atomic E-state index is 13.0. The third kappa shape index (κ3) is 3.76. The number of carbonyl (C=O) groups excluding carboxylic acids is 1. The Morgan fingerprint density at radius 3 is 2.81 bits per heavy atom. The minimum absolute atomic E-state index is 0.0790. The van der Waals surface area contributed by atoms with Crippen LogP contribution in [0.2, 0.25) is 5.02 Å². The number of amides is 1. The van der Waals surface area contributed by atoms with Crippen molar-refractivity contribution in [2.24, 2.45) is 7.05 Å². The molecule has 1 amide bonds. The highest BCUT2D eigenvalue weighted by atomic mass is 35.5. The molecule has 1 fully saturated rings. The van der Waals surface area contributed by atoms with Crippen molar-refractivity contribution in [3.63, 3.8) is 0 Å². The standard InChI is InChI=1S/C20H21ClN4O2/c1-24-11-9-22-18(24)20(26)25-10-3-2-4-17(25)19-23-13-16(27-19)12-14-5-7-15(21)8-6-14/h5-9,11,13,17H,2-4,10,12H2,1H3/t17-/m1/s1. The van der Waals surface area contributed by atoms with E-state index < -0.39 is 0 Å². The molecule has 0 bridgehead atoms. The Hall–Kier alpha value is -2.60. The topological polar surface area (TPSA) is 64.2 Å². The normalized spacial score (nSPS) is 17.3. The quantitative estimate of drug-likeness (QED) is 0.681. The Morgan fingerprint density at radius 1 is 1.26 bits per heavy atom. The van der Waals surface area contributed by atoms with Gasteiger partial charge in [-0.1, -0.05) is 23.7 Å². The van der Waals surface area contributed by atoms with E-state index in [0.717, 1.165) is 30.6 Å². The Kier molecular flexibility index (Phi) is 4.99. The summed E-state index contributed by atoms with van der Waals surface area (Å²) >= 11 is 5.94. The van der Waals surface area contributed by atoms with Gasteiger partial charge < -0.3 is 13.9 Å². The molecule has 1 aromatic carbocycles. The van der Waals surface area contributed by atoms with Gasteiger partial charge >= 0.3 is 0 Å². The van der Waals surface area contributed by atoms with Gasteiger partial charge in [-0.15, -0.1) is 0 Å². The van der Waals surface area contributed by atoms with Crippen LogP contribution in [0.15, 0.2) is 47.3 Å². The highest BCUT2D eigenvalue weighted by molar-refractivity contribution is 6.30. The number of rotatable bonds is 4. The van der Waals surface area contributed by atoms with E-state index in [-0.39, 0.29) is 11.9 Å². The van der Waals surface area contributed by atoms with E-state index in [1.807, 2.05) is 36.2 Å². The molecule has 2 aromatic heterocycles. The number of aromatic nitrogens is 3. The van der Waals surface area contributed by atoms with Gasteiger partial charge in [0.2, 0.25) is 5.89 Å². The van der Waals surface area contributed by atoms with Crippen LogP contribution in [0.4, 0.5) is 0 Å². The molecule has 1 aliphatic heterocycles. The van der Waals surface area contributed by atoms with E-state index in [2.05, 4.69) is 9.97 Å². The van der Waals surface area contributed by atoms with Gasteiger partial charge in [-0.05, 0) is 37.0 Å². The summed E-state index contributed by atoms with van der Waals surface area (Å²) in [6, 6.07) is 7.52. The number of halogens is 1. The molecule has 0 saturated carbocycles. The summed E-state index contributed by atoms with van der Waals surface area (Å²) in [5.41, 5.74) is 1.10. The second-order valence-corrected chi connectivity index (χ2v) is 7.28. The summed E-state index contributed by atoms with van der Waals surface area (Å²) in [7, 11) is 1.83. The first-order valence-corrected chi connectivity index (χ1v) is 9.47. The third-order valence-corrected chi connectivity index (χ3v) is 5.18. The number of carbonyl (C=O) groups is 1. The SMILES string of the molecule is Cn1ccnc1C(=O)N1CCCC[C@@H]1c1ncc(Cc2ccc(Cl)cc2)o1. The lowest BCUT2D eigenvalue weighted by Crippen LogP contribution is -2.39. The van der Waals surface area contributed by atoms with Gasteiger partial charge in [0.1, 0.15) is 11.8 Å². The zero-order chi connectivity index (χ0) is 18.8. The molecule has 0 N–H and O–H groups in total. The summed E-state index contributed by atoms with van der Waals surface area (Å²) < 4.78 is 7.77. The van der Waals surface area contributed by atoms with Crippen molar-refractivity contribution >= 4 is 17.5 Å². The summed E-state index contributed by atoms with van der Waals surface area (Å²) in [6.07, 6.45) is 8.68. The second kappa shape index (κ2) is 7.56. The van der Waals surface area contributed by atoms with Crippen molar-refractivity contribution in [1.82, 2.24) is 19.4 Å². The molecule has 1 aliphatic rings. The third-order valence-electron chi connectivity index (χ3n) is 4.92. The smallest absolute Gasteiger partial charge is 0.290 e. The second-order valence-electron chi connectivity index (χ2n) is 6.84. The molecule has 1 saturated heterocycles. The molecule has 140 valence electrons. The highest BCUT2D eigenvalue weighted by Crippen LogP contribution is 2.32. The lowest BCUT2D eigenvalue weighted by atomic mass is 10.0. The van der Waals surface area contributed by atoms with Gasteiger partial charge in [-0.3, -0.25) is 4.79 Å². The Labute approximate surface area is 162 Å². The largest absolute Gasteiger partial charge is 0.443 e. The van der Waals surface area contributed by atoms with Gasteiger partial charge in [0.05, 0.1) is 6.20 Å². The molecule has 0 radical (unpaired) electrons. The number of aryl methyl sites for hydroxylation is 1. The van der Waals surface area contributed by atoms with Gasteiger partial charge in [-0.2, -0.15) is 0 Å². The van der Waals surface area contributed by atoms with E-state index in [4.69, 9.17) is 16.0 Å². The first-order valence-electron chi connectivity index (χ1n) is 9.09. The van der Waals surface area contributed by atoms with E-state index in [0.29, 0.717) is 29.7 Å². The van der Waals surface area contributed by atoms with E-state index in [1.54, 1.807) is 23.2 Å². The Balaban J connectivity index is 1.54. The van der Waals surface area contributed by atoms with Crippen molar-refractivity contribution in [2.45, 2.75) is 31.7 Å². The molecule has 4 rings (SSSR count). The zero-order valence-electron chi connectivity index (χ0n) is 15.1. The lowest BCUT2D eigenvalue weighted by molar-refractivity contribution is 0.0554. The first kappa shape index (κ1) is 17.8. The predicted octanol–water partition coefficient (Wildman–Crippen LogP) is 4.02. The number of piperidine rings is 1. The number of hydrogen-bond acceptors (Lipinski definition) is 4. The maximum Gasteiger partial charge on any atom is 0.290 e. The summed E-state index contributed by atoms with van der Waals surface area (Å²) in [6.45, 7) is 0.686. The van der Waals surface area contributed by atoms with E-state index >= 15 is 0 Å². The zero-order valence-corrected chi connectivity index (χ0v) is 15.9. The molecule has 0 spiro atoms. The van der Waals surface area contributed by atoms with Crippen LogP contribution in [-0.2, 0) is 13.5 Å². The molecule has 3 heterocycles. The summed E-state index contributed by atoms with van der Waals surface area (Å²) in [5.74, 6) is 1.74. The van der Waals surface area contributed by atoms with Crippen molar-refractivity contribution in [1.29, 1.82) is 0 Å². The number of imidazole rings is 1. The molecular formula is C20H21ClN4O2. The average molecular weight is 385 g/mol. The van der Waals surface area contributed by atoms with E-state index in [1.165, 1.54) is 0 Å². The first-order chi connectivity index (χ1) is 13.1. The number of hydrogen-bond donors (Lipinski definition) is 0. The Bertz CT molecular complexity index is 932. The van der Waals surface area contributed by atoms with Gasteiger partial charge in [0.15, 0.2) is 5.82 Å². The predicted molar refractivity (Wildman–Crippen MR) is 102 cm³/mol. The van der Waals surface area contributed by atoms with Crippen LogP contribution in [0, 0.1) is 0 Å². The molecule has 7 heteroatoms. The molecule has 1 atom stereocenters. The highest BCUT2D eigenvalue weighted by Gasteiger charge is 2.33. The lowest BCUT2D eigenvalue weighted by Gasteiger charge is -2.33.